The third-order valence-electron chi connectivity index (χ3n) is 5.12. The summed E-state index contributed by atoms with van der Waals surface area (Å²) >= 11 is 0. The van der Waals surface area contributed by atoms with Crippen LogP contribution in [0.15, 0.2) is 6.07 Å². The maximum absolute atomic E-state index is 12.4. The summed E-state index contributed by atoms with van der Waals surface area (Å²) < 4.78 is 0. The molecule has 3 amide bonds. The first kappa shape index (κ1) is 17.7. The maximum atomic E-state index is 12.4. The van der Waals surface area contributed by atoms with Crippen LogP contribution in [0.3, 0.4) is 0 Å². The number of nitrogens with zero attached hydrogens (tertiary/aromatic N) is 3. The highest BCUT2D eigenvalue weighted by Gasteiger charge is 2.26. The SMILES string of the molecule is NC(=O)c1cc(C2CCCN(C(=O)NCCCN3CCCC3)C2)[nH]n1. The number of nitrogens with two attached hydrogens (primary N) is 1. The molecule has 2 aliphatic heterocycles. The van der Waals surface area contributed by atoms with Gasteiger partial charge in [-0.1, -0.05) is 0 Å². The first-order chi connectivity index (χ1) is 12.1. The summed E-state index contributed by atoms with van der Waals surface area (Å²) in [6.07, 6.45) is 5.50. The molecule has 0 aliphatic carbocycles. The number of hydrogen-bond acceptors (Lipinski definition) is 4. The minimum absolute atomic E-state index is 0.000706. The van der Waals surface area contributed by atoms with E-state index in [0.717, 1.165) is 38.0 Å². The Hall–Kier alpha value is -2.09. The molecule has 0 saturated carbocycles. The number of amides is 3. The summed E-state index contributed by atoms with van der Waals surface area (Å²) in [5, 5.41) is 9.85. The van der Waals surface area contributed by atoms with Crippen molar-refractivity contribution in [1.82, 2.24) is 25.3 Å². The van der Waals surface area contributed by atoms with Crippen molar-refractivity contribution in [3.05, 3.63) is 17.5 Å². The lowest BCUT2D eigenvalue weighted by atomic mass is 9.95. The second-order valence-corrected chi connectivity index (χ2v) is 6.99. The number of primary amides is 1. The van der Waals surface area contributed by atoms with Crippen LogP contribution in [0.25, 0.3) is 0 Å². The maximum Gasteiger partial charge on any atom is 0.317 e. The van der Waals surface area contributed by atoms with E-state index in [1.165, 1.54) is 25.9 Å². The fraction of sp³-hybridized carbons (Fsp3) is 0.706. The second-order valence-electron chi connectivity index (χ2n) is 6.99. The largest absolute Gasteiger partial charge is 0.364 e. The Balaban J connectivity index is 1.43. The van der Waals surface area contributed by atoms with E-state index in [0.29, 0.717) is 13.1 Å². The molecule has 138 valence electrons. The van der Waals surface area contributed by atoms with Gasteiger partial charge in [-0.2, -0.15) is 5.10 Å². The zero-order valence-corrected chi connectivity index (χ0v) is 14.7. The van der Waals surface area contributed by atoms with Crippen molar-refractivity contribution in [1.29, 1.82) is 0 Å². The van der Waals surface area contributed by atoms with Gasteiger partial charge in [0.15, 0.2) is 0 Å². The Morgan fingerprint density at radius 3 is 2.80 bits per heavy atom. The lowest BCUT2D eigenvalue weighted by molar-refractivity contribution is 0.0995. The molecular weight excluding hydrogens is 320 g/mol. The Kier molecular flexibility index (Phi) is 5.91. The van der Waals surface area contributed by atoms with Crippen LogP contribution in [0.5, 0.6) is 0 Å². The van der Waals surface area contributed by atoms with E-state index >= 15 is 0 Å². The first-order valence-electron chi connectivity index (χ1n) is 9.23. The molecule has 0 aromatic carbocycles. The smallest absolute Gasteiger partial charge is 0.317 e. The fourth-order valence-electron chi connectivity index (χ4n) is 3.70. The highest BCUT2D eigenvalue weighted by Crippen LogP contribution is 2.25. The number of rotatable bonds is 6. The van der Waals surface area contributed by atoms with Crippen LogP contribution < -0.4 is 11.1 Å². The Bertz CT molecular complexity index is 596. The lowest BCUT2D eigenvalue weighted by Gasteiger charge is -2.32. The predicted molar refractivity (Wildman–Crippen MR) is 94.3 cm³/mol. The molecule has 2 saturated heterocycles. The molecule has 0 bridgehead atoms. The molecule has 4 N–H and O–H groups in total. The van der Waals surface area contributed by atoms with Gasteiger partial charge in [0.05, 0.1) is 0 Å². The third-order valence-corrected chi connectivity index (χ3v) is 5.12. The molecule has 1 aromatic rings. The molecule has 1 aromatic heterocycles. The van der Waals surface area contributed by atoms with Gasteiger partial charge in [0.1, 0.15) is 5.69 Å². The van der Waals surface area contributed by atoms with Gasteiger partial charge in [0, 0.05) is 31.2 Å². The molecule has 0 radical (unpaired) electrons. The van der Waals surface area contributed by atoms with E-state index < -0.39 is 5.91 Å². The van der Waals surface area contributed by atoms with Crippen LogP contribution in [0.4, 0.5) is 4.79 Å². The van der Waals surface area contributed by atoms with Gasteiger partial charge >= 0.3 is 6.03 Å². The number of likely N-dealkylation sites (tertiary alicyclic amines) is 2. The summed E-state index contributed by atoms with van der Waals surface area (Å²) in [6, 6.07) is 1.70. The van der Waals surface area contributed by atoms with Gasteiger partial charge in [-0.3, -0.25) is 9.89 Å². The fourth-order valence-corrected chi connectivity index (χ4v) is 3.70. The molecule has 3 heterocycles. The Labute approximate surface area is 148 Å². The number of hydrogen-bond donors (Lipinski definition) is 3. The van der Waals surface area contributed by atoms with Crippen LogP contribution in [0.2, 0.25) is 0 Å². The van der Waals surface area contributed by atoms with E-state index in [1.54, 1.807) is 6.07 Å². The van der Waals surface area contributed by atoms with Crippen molar-refractivity contribution in [2.45, 2.75) is 38.0 Å². The van der Waals surface area contributed by atoms with Crippen molar-refractivity contribution in [3.8, 4) is 0 Å². The van der Waals surface area contributed by atoms with Crippen LogP contribution in [0.1, 0.15) is 54.2 Å². The Morgan fingerprint density at radius 1 is 1.28 bits per heavy atom. The zero-order valence-electron chi connectivity index (χ0n) is 14.7. The highest BCUT2D eigenvalue weighted by atomic mass is 16.2. The van der Waals surface area contributed by atoms with Gasteiger partial charge in [-0.05, 0) is 57.8 Å². The van der Waals surface area contributed by atoms with Crippen molar-refractivity contribution in [3.63, 3.8) is 0 Å². The number of H-pyrrole nitrogens is 1. The monoisotopic (exact) mass is 348 g/mol. The molecule has 25 heavy (non-hydrogen) atoms. The third kappa shape index (κ3) is 4.72. The molecule has 3 rings (SSSR count). The lowest BCUT2D eigenvalue weighted by Crippen LogP contribution is -2.45. The second kappa shape index (κ2) is 8.33. The Morgan fingerprint density at radius 2 is 2.08 bits per heavy atom. The van der Waals surface area contributed by atoms with Crippen LogP contribution in [-0.2, 0) is 0 Å². The highest BCUT2D eigenvalue weighted by molar-refractivity contribution is 5.90. The number of urea groups is 1. The number of carbonyl (C=O) groups is 2. The van der Waals surface area contributed by atoms with E-state index in [4.69, 9.17) is 5.73 Å². The topological polar surface area (TPSA) is 107 Å². The number of aromatic amines is 1. The summed E-state index contributed by atoms with van der Waals surface area (Å²) in [5.41, 5.74) is 6.37. The number of carbonyl (C=O) groups excluding carboxylic acids is 2. The van der Waals surface area contributed by atoms with Crippen LogP contribution in [0, 0.1) is 0 Å². The standard InChI is InChI=1S/C17H28N6O2/c18-16(24)15-11-14(20-21-15)13-5-3-10-23(12-13)17(25)19-6-4-9-22-7-1-2-8-22/h11,13H,1-10,12H2,(H2,18,24)(H,19,25)(H,20,21). The van der Waals surface area contributed by atoms with E-state index in [1.807, 2.05) is 4.90 Å². The molecule has 2 fully saturated rings. The van der Waals surface area contributed by atoms with Crippen molar-refractivity contribution in [2.75, 3.05) is 39.3 Å². The molecular formula is C17H28N6O2. The minimum Gasteiger partial charge on any atom is -0.364 e. The average molecular weight is 348 g/mol. The summed E-state index contributed by atoms with van der Waals surface area (Å²) in [4.78, 5) is 27.9. The van der Waals surface area contributed by atoms with Crippen molar-refractivity contribution in [2.24, 2.45) is 5.73 Å². The average Bonchev–Trinajstić information content (AvgIpc) is 3.30. The van der Waals surface area contributed by atoms with Crippen molar-refractivity contribution < 1.29 is 9.59 Å². The van der Waals surface area contributed by atoms with Gasteiger partial charge in [0.2, 0.25) is 0 Å². The van der Waals surface area contributed by atoms with Crippen LogP contribution >= 0.6 is 0 Å². The molecule has 0 spiro atoms. The zero-order chi connectivity index (χ0) is 17.6. The van der Waals surface area contributed by atoms with Crippen molar-refractivity contribution >= 4 is 11.9 Å². The molecule has 2 aliphatic rings. The summed E-state index contributed by atoms with van der Waals surface area (Å²) in [6.45, 7) is 5.57. The van der Waals surface area contributed by atoms with E-state index in [-0.39, 0.29) is 17.6 Å². The predicted octanol–water partition coefficient (Wildman–Crippen LogP) is 0.884. The molecule has 1 unspecified atom stereocenters. The minimum atomic E-state index is -0.536. The van der Waals surface area contributed by atoms with Gasteiger partial charge < -0.3 is 20.9 Å². The molecule has 1 atom stereocenters. The normalized spacial score (nSPS) is 21.4. The number of nitrogens with one attached hydrogen (secondary N) is 2. The summed E-state index contributed by atoms with van der Waals surface area (Å²) in [5.74, 6) is -0.365. The number of aromatic nitrogens is 2. The van der Waals surface area contributed by atoms with Gasteiger partial charge in [0.25, 0.3) is 5.91 Å². The summed E-state index contributed by atoms with van der Waals surface area (Å²) in [7, 11) is 0. The molecule has 8 nitrogen and oxygen atoms in total. The molecule has 8 heteroatoms. The number of piperidine rings is 1. The van der Waals surface area contributed by atoms with Gasteiger partial charge in [-0.15, -0.1) is 0 Å². The van der Waals surface area contributed by atoms with Gasteiger partial charge in [-0.25, -0.2) is 4.79 Å². The van der Waals surface area contributed by atoms with Crippen LogP contribution in [-0.4, -0.2) is 71.2 Å². The quantitative estimate of drug-likeness (QED) is 0.663. The van der Waals surface area contributed by atoms with E-state index in [9.17, 15) is 9.59 Å². The first-order valence-corrected chi connectivity index (χ1v) is 9.23. The van der Waals surface area contributed by atoms with E-state index in [2.05, 4.69) is 20.4 Å².